The number of anilines is 1. The van der Waals surface area contributed by atoms with Crippen molar-refractivity contribution in [3.8, 4) is 0 Å². The van der Waals surface area contributed by atoms with E-state index in [0.29, 0.717) is 5.56 Å². The number of hydrogen-bond donors (Lipinski definition) is 0. The Labute approximate surface area is 200 Å². The van der Waals surface area contributed by atoms with Gasteiger partial charge in [0.1, 0.15) is 10.5 Å². The molecule has 0 atom stereocenters. The fraction of sp³-hybridized carbons (Fsp3) is 0.409. The van der Waals surface area contributed by atoms with Crippen molar-refractivity contribution in [2.24, 2.45) is 0 Å². The first-order chi connectivity index (χ1) is 16.7. The van der Waals surface area contributed by atoms with Gasteiger partial charge in [0, 0.05) is 51.7 Å². The van der Waals surface area contributed by atoms with E-state index < -0.39 is 61.2 Å². The quantitative estimate of drug-likeness (QED) is 0.579. The molecular formula is C22H23F3N4O5S. The SMILES string of the molecule is CCOC(=O)N1CCN(C(=O)c2c(F)c(F)c3c(c2F)N(Cc2cccnc2)CCS3(=O)=O)CC1. The molecule has 2 aliphatic rings. The average molecular weight is 513 g/mol. The van der Waals surface area contributed by atoms with Crippen molar-refractivity contribution in [2.45, 2.75) is 18.4 Å². The molecule has 35 heavy (non-hydrogen) atoms. The Morgan fingerprint density at radius 1 is 1.03 bits per heavy atom. The summed E-state index contributed by atoms with van der Waals surface area (Å²) in [7, 11) is -4.33. The number of sulfone groups is 1. The maximum absolute atomic E-state index is 15.7. The summed E-state index contributed by atoms with van der Waals surface area (Å²) in [5, 5.41) is 0. The fourth-order valence-corrected chi connectivity index (χ4v) is 5.70. The standard InChI is InChI=1S/C22H23F3N4O5S/c1-2-34-22(31)28-8-6-27(7-9-28)21(30)15-16(23)18(25)20-19(17(15)24)29(10-11-35(20,32)33)13-14-4-3-5-26-12-14/h3-5,12H,2,6-11,13H2,1H3. The molecule has 1 fully saturated rings. The molecule has 0 radical (unpaired) electrons. The van der Waals surface area contributed by atoms with Crippen LogP contribution in [-0.2, 0) is 21.1 Å². The van der Waals surface area contributed by atoms with Crippen LogP contribution in [0.15, 0.2) is 29.4 Å². The average Bonchev–Trinajstić information content (AvgIpc) is 2.84. The van der Waals surface area contributed by atoms with Crippen LogP contribution in [0.1, 0.15) is 22.8 Å². The summed E-state index contributed by atoms with van der Waals surface area (Å²) in [6.45, 7) is 1.60. The summed E-state index contributed by atoms with van der Waals surface area (Å²) < 4.78 is 75.9. The lowest BCUT2D eigenvalue weighted by atomic mass is 10.1. The van der Waals surface area contributed by atoms with Crippen LogP contribution in [0, 0.1) is 17.5 Å². The third kappa shape index (κ3) is 4.64. The molecule has 0 aliphatic carbocycles. The van der Waals surface area contributed by atoms with Gasteiger partial charge in [-0.1, -0.05) is 6.07 Å². The van der Waals surface area contributed by atoms with Crippen molar-refractivity contribution in [2.75, 3.05) is 50.0 Å². The van der Waals surface area contributed by atoms with Gasteiger partial charge in [0.2, 0.25) is 0 Å². The number of rotatable bonds is 4. The van der Waals surface area contributed by atoms with Crippen molar-refractivity contribution >= 4 is 27.5 Å². The Morgan fingerprint density at radius 3 is 2.34 bits per heavy atom. The summed E-state index contributed by atoms with van der Waals surface area (Å²) in [5.41, 5.74) is -1.25. The fourth-order valence-electron chi connectivity index (χ4n) is 4.16. The Bertz CT molecular complexity index is 1250. The van der Waals surface area contributed by atoms with E-state index in [1.54, 1.807) is 19.1 Å². The van der Waals surface area contributed by atoms with Crippen molar-refractivity contribution in [3.63, 3.8) is 0 Å². The highest BCUT2D eigenvalue weighted by molar-refractivity contribution is 7.91. The highest BCUT2D eigenvalue weighted by Crippen LogP contribution is 2.39. The lowest BCUT2D eigenvalue weighted by Gasteiger charge is -2.35. The van der Waals surface area contributed by atoms with Gasteiger partial charge in [0.25, 0.3) is 5.91 Å². The van der Waals surface area contributed by atoms with Crippen LogP contribution in [0.5, 0.6) is 0 Å². The zero-order valence-electron chi connectivity index (χ0n) is 18.8. The summed E-state index contributed by atoms with van der Waals surface area (Å²) in [6.07, 6.45) is 2.43. The predicted molar refractivity (Wildman–Crippen MR) is 118 cm³/mol. The van der Waals surface area contributed by atoms with E-state index in [2.05, 4.69) is 4.98 Å². The Balaban J connectivity index is 1.70. The van der Waals surface area contributed by atoms with Gasteiger partial charge in [-0.2, -0.15) is 0 Å². The number of pyridine rings is 1. The van der Waals surface area contributed by atoms with E-state index in [4.69, 9.17) is 4.74 Å². The van der Waals surface area contributed by atoms with Gasteiger partial charge < -0.3 is 19.4 Å². The second-order valence-electron chi connectivity index (χ2n) is 8.07. The van der Waals surface area contributed by atoms with Gasteiger partial charge in [0.15, 0.2) is 27.3 Å². The minimum atomic E-state index is -4.33. The first kappa shape index (κ1) is 24.8. The van der Waals surface area contributed by atoms with Crippen LogP contribution in [0.4, 0.5) is 23.7 Å². The van der Waals surface area contributed by atoms with Crippen LogP contribution in [0.3, 0.4) is 0 Å². The number of carbonyl (C=O) groups is 2. The van der Waals surface area contributed by atoms with Crippen LogP contribution in [0.2, 0.25) is 0 Å². The number of piperazine rings is 1. The molecule has 9 nitrogen and oxygen atoms in total. The first-order valence-electron chi connectivity index (χ1n) is 10.9. The van der Waals surface area contributed by atoms with Gasteiger partial charge >= 0.3 is 6.09 Å². The molecule has 0 spiro atoms. The van der Waals surface area contributed by atoms with Gasteiger partial charge in [-0.15, -0.1) is 0 Å². The van der Waals surface area contributed by atoms with Gasteiger partial charge in [-0.3, -0.25) is 9.78 Å². The Morgan fingerprint density at radius 2 is 1.71 bits per heavy atom. The normalized spacial score (nSPS) is 17.2. The van der Waals surface area contributed by atoms with Gasteiger partial charge in [-0.05, 0) is 18.6 Å². The first-order valence-corrected chi connectivity index (χ1v) is 12.6. The molecule has 1 saturated heterocycles. The van der Waals surface area contributed by atoms with E-state index >= 15 is 13.2 Å². The summed E-state index contributed by atoms with van der Waals surface area (Å²) in [4.78, 5) is 31.5. The molecule has 3 heterocycles. The summed E-state index contributed by atoms with van der Waals surface area (Å²) >= 11 is 0. The van der Waals surface area contributed by atoms with Crippen molar-refractivity contribution in [1.29, 1.82) is 0 Å². The number of halogens is 3. The third-order valence-electron chi connectivity index (χ3n) is 5.91. The number of ether oxygens (including phenoxy) is 1. The monoisotopic (exact) mass is 512 g/mol. The smallest absolute Gasteiger partial charge is 0.409 e. The van der Waals surface area contributed by atoms with Crippen molar-refractivity contribution < 1.29 is 35.9 Å². The van der Waals surface area contributed by atoms with Crippen molar-refractivity contribution in [3.05, 3.63) is 53.1 Å². The van der Waals surface area contributed by atoms with Crippen LogP contribution >= 0.6 is 0 Å². The van der Waals surface area contributed by atoms with E-state index in [1.165, 1.54) is 22.2 Å². The molecule has 0 unspecified atom stereocenters. The van der Waals surface area contributed by atoms with Crippen LogP contribution in [0.25, 0.3) is 0 Å². The van der Waals surface area contributed by atoms with E-state index in [-0.39, 0.29) is 45.9 Å². The van der Waals surface area contributed by atoms with Crippen molar-refractivity contribution in [1.82, 2.24) is 14.8 Å². The Hall–Kier alpha value is -3.35. The molecular weight excluding hydrogens is 489 g/mol. The molecule has 188 valence electrons. The lowest BCUT2D eigenvalue weighted by Crippen LogP contribution is -2.51. The largest absolute Gasteiger partial charge is 0.450 e. The molecule has 0 N–H and O–H groups in total. The highest BCUT2D eigenvalue weighted by Gasteiger charge is 2.41. The molecule has 4 rings (SSSR count). The molecule has 1 aromatic carbocycles. The molecule has 0 saturated carbocycles. The van der Waals surface area contributed by atoms with E-state index in [1.807, 2.05) is 0 Å². The molecule has 2 amide bonds. The zero-order chi connectivity index (χ0) is 25.3. The number of aromatic nitrogens is 1. The highest BCUT2D eigenvalue weighted by atomic mass is 32.2. The maximum atomic E-state index is 15.7. The summed E-state index contributed by atoms with van der Waals surface area (Å²) in [5.74, 6) is -6.76. The van der Waals surface area contributed by atoms with E-state index in [0.717, 1.165) is 4.90 Å². The lowest BCUT2D eigenvalue weighted by molar-refractivity contribution is 0.0561. The molecule has 2 aromatic rings. The van der Waals surface area contributed by atoms with Crippen LogP contribution in [-0.4, -0.2) is 80.3 Å². The number of carbonyl (C=O) groups excluding carboxylic acids is 2. The predicted octanol–water partition coefficient (Wildman–Crippen LogP) is 2.21. The minimum absolute atomic E-state index is 0.0236. The molecule has 2 aliphatic heterocycles. The van der Waals surface area contributed by atoms with Gasteiger partial charge in [0.05, 0.1) is 18.0 Å². The van der Waals surface area contributed by atoms with E-state index in [9.17, 15) is 18.0 Å². The number of hydrogen-bond acceptors (Lipinski definition) is 7. The maximum Gasteiger partial charge on any atom is 0.409 e. The van der Waals surface area contributed by atoms with Crippen LogP contribution < -0.4 is 4.90 Å². The zero-order valence-corrected chi connectivity index (χ0v) is 19.7. The molecule has 13 heteroatoms. The number of nitrogens with zero attached hydrogens (tertiary/aromatic N) is 4. The molecule has 1 aromatic heterocycles. The topological polar surface area (TPSA) is 100 Å². The van der Waals surface area contributed by atoms with Gasteiger partial charge in [-0.25, -0.2) is 26.4 Å². The number of amides is 2. The third-order valence-corrected chi connectivity index (χ3v) is 7.63. The summed E-state index contributed by atoms with van der Waals surface area (Å²) in [6, 6.07) is 3.30. The second-order valence-corrected chi connectivity index (χ2v) is 10.1. The Kier molecular flexibility index (Phi) is 6.88. The molecule has 0 bridgehead atoms. The number of benzene rings is 1. The second kappa shape index (κ2) is 9.72. The minimum Gasteiger partial charge on any atom is -0.450 e. The number of fused-ring (bicyclic) bond motifs is 1.